The van der Waals surface area contributed by atoms with Gasteiger partial charge in [0, 0.05) is 12.5 Å². The van der Waals surface area contributed by atoms with Crippen molar-refractivity contribution in [2.75, 3.05) is 6.61 Å². The Hall–Kier alpha value is -2.90. The minimum atomic E-state index is -0.654. The number of carbonyl (C=O) groups excluding carboxylic acids is 3. The van der Waals surface area contributed by atoms with Crippen molar-refractivity contribution < 1.29 is 23.5 Å². The van der Waals surface area contributed by atoms with Crippen LogP contribution in [0.4, 0.5) is 4.79 Å². The summed E-state index contributed by atoms with van der Waals surface area (Å²) in [7, 11) is 0. The summed E-state index contributed by atoms with van der Waals surface area (Å²) >= 11 is 0. The SMILES string of the molecule is O=C(COC(=O)CCc1nc2ccccc2o1)NC(=O)NC1CCCCC1. The third kappa shape index (κ3) is 5.80. The van der Waals surface area contributed by atoms with Gasteiger partial charge in [0.05, 0.1) is 6.42 Å². The Labute approximate surface area is 156 Å². The normalized spacial score (nSPS) is 14.7. The minimum Gasteiger partial charge on any atom is -0.456 e. The van der Waals surface area contributed by atoms with Gasteiger partial charge in [0.1, 0.15) is 5.52 Å². The number of ether oxygens (including phenoxy) is 1. The third-order valence-corrected chi connectivity index (χ3v) is 4.44. The standard InChI is InChI=1S/C19H23N3O5/c23-16(22-19(25)20-13-6-2-1-3-7-13)12-26-18(24)11-10-17-21-14-8-4-5-9-15(14)27-17/h4-5,8-9,13H,1-3,6-7,10-12H2,(H2,20,22,23,25). The first-order valence-corrected chi connectivity index (χ1v) is 9.20. The number of imide groups is 1. The maximum absolute atomic E-state index is 11.8. The lowest BCUT2D eigenvalue weighted by molar-refractivity contribution is -0.148. The van der Waals surface area contributed by atoms with Gasteiger partial charge in [-0.1, -0.05) is 31.4 Å². The van der Waals surface area contributed by atoms with E-state index in [2.05, 4.69) is 15.6 Å². The van der Waals surface area contributed by atoms with Gasteiger partial charge in [-0.3, -0.25) is 14.9 Å². The van der Waals surface area contributed by atoms with Crippen molar-refractivity contribution in [1.82, 2.24) is 15.6 Å². The van der Waals surface area contributed by atoms with E-state index in [1.54, 1.807) is 6.07 Å². The number of oxazole rings is 1. The zero-order chi connectivity index (χ0) is 19.1. The smallest absolute Gasteiger partial charge is 0.321 e. The van der Waals surface area contributed by atoms with Crippen molar-refractivity contribution >= 4 is 29.0 Å². The molecule has 144 valence electrons. The first kappa shape index (κ1) is 18.9. The van der Waals surface area contributed by atoms with E-state index < -0.39 is 24.5 Å². The Morgan fingerprint density at radius 2 is 1.93 bits per heavy atom. The number of urea groups is 1. The van der Waals surface area contributed by atoms with Crippen LogP contribution in [0.15, 0.2) is 28.7 Å². The van der Waals surface area contributed by atoms with Gasteiger partial charge in [-0.15, -0.1) is 0 Å². The lowest BCUT2D eigenvalue weighted by Gasteiger charge is -2.22. The van der Waals surface area contributed by atoms with Gasteiger partial charge < -0.3 is 14.5 Å². The average Bonchev–Trinajstić information content (AvgIpc) is 3.08. The van der Waals surface area contributed by atoms with Gasteiger partial charge in [-0.25, -0.2) is 9.78 Å². The largest absolute Gasteiger partial charge is 0.456 e. The average molecular weight is 373 g/mol. The molecule has 8 nitrogen and oxygen atoms in total. The summed E-state index contributed by atoms with van der Waals surface area (Å²) in [5, 5.41) is 4.94. The summed E-state index contributed by atoms with van der Waals surface area (Å²) in [6, 6.07) is 6.87. The number of carbonyl (C=O) groups is 3. The van der Waals surface area contributed by atoms with E-state index in [0.717, 1.165) is 31.2 Å². The number of amides is 3. The minimum absolute atomic E-state index is 0.0361. The van der Waals surface area contributed by atoms with Crippen LogP contribution >= 0.6 is 0 Å². The van der Waals surface area contributed by atoms with E-state index in [9.17, 15) is 14.4 Å². The molecule has 1 fully saturated rings. The summed E-state index contributed by atoms with van der Waals surface area (Å²) < 4.78 is 10.4. The number of benzene rings is 1. The van der Waals surface area contributed by atoms with Crippen LogP contribution in [0.5, 0.6) is 0 Å². The molecule has 2 N–H and O–H groups in total. The molecular formula is C19H23N3O5. The second-order valence-corrected chi connectivity index (χ2v) is 6.59. The van der Waals surface area contributed by atoms with E-state index in [0.29, 0.717) is 11.5 Å². The van der Waals surface area contributed by atoms with E-state index in [4.69, 9.17) is 9.15 Å². The molecule has 0 spiro atoms. The number of rotatable bonds is 6. The van der Waals surface area contributed by atoms with Crippen molar-refractivity contribution in [3.8, 4) is 0 Å². The number of nitrogens with one attached hydrogen (secondary N) is 2. The topological polar surface area (TPSA) is 111 Å². The summed E-state index contributed by atoms with van der Waals surface area (Å²) in [6.07, 6.45) is 5.50. The van der Waals surface area contributed by atoms with E-state index in [1.807, 2.05) is 18.2 Å². The van der Waals surface area contributed by atoms with E-state index in [-0.39, 0.29) is 18.9 Å². The van der Waals surface area contributed by atoms with Crippen molar-refractivity contribution in [2.24, 2.45) is 0 Å². The van der Waals surface area contributed by atoms with Gasteiger partial charge in [0.25, 0.3) is 5.91 Å². The number of nitrogens with zero attached hydrogens (tertiary/aromatic N) is 1. The van der Waals surface area contributed by atoms with Gasteiger partial charge in [-0.2, -0.15) is 0 Å². The molecule has 2 aromatic rings. The highest BCUT2D eigenvalue weighted by Crippen LogP contribution is 2.17. The highest BCUT2D eigenvalue weighted by molar-refractivity contribution is 5.95. The molecule has 1 aromatic carbocycles. The summed E-state index contributed by atoms with van der Waals surface area (Å²) in [4.78, 5) is 39.5. The second-order valence-electron chi connectivity index (χ2n) is 6.59. The Morgan fingerprint density at radius 1 is 1.15 bits per heavy atom. The number of para-hydroxylation sites is 2. The fourth-order valence-corrected chi connectivity index (χ4v) is 3.09. The van der Waals surface area contributed by atoms with Crippen LogP contribution in [0.25, 0.3) is 11.1 Å². The summed E-state index contributed by atoms with van der Waals surface area (Å²) in [5.41, 5.74) is 1.38. The molecule has 0 unspecified atom stereocenters. The molecule has 0 aliphatic heterocycles. The number of fused-ring (bicyclic) bond motifs is 1. The third-order valence-electron chi connectivity index (χ3n) is 4.44. The zero-order valence-corrected chi connectivity index (χ0v) is 15.0. The van der Waals surface area contributed by atoms with E-state index >= 15 is 0 Å². The highest BCUT2D eigenvalue weighted by Gasteiger charge is 2.17. The number of aryl methyl sites for hydroxylation is 1. The van der Waals surface area contributed by atoms with Crippen LogP contribution in [0.1, 0.15) is 44.4 Å². The number of esters is 1. The number of hydrogen-bond donors (Lipinski definition) is 2. The molecule has 0 bridgehead atoms. The predicted octanol–water partition coefficient (Wildman–Crippen LogP) is 2.46. The molecule has 0 atom stereocenters. The molecule has 0 radical (unpaired) electrons. The maximum Gasteiger partial charge on any atom is 0.321 e. The fraction of sp³-hybridized carbons (Fsp3) is 0.474. The maximum atomic E-state index is 11.8. The summed E-state index contributed by atoms with van der Waals surface area (Å²) in [6.45, 7) is -0.496. The zero-order valence-electron chi connectivity index (χ0n) is 15.0. The van der Waals surface area contributed by atoms with Crippen LogP contribution in [-0.4, -0.2) is 35.5 Å². The van der Waals surface area contributed by atoms with E-state index in [1.165, 1.54) is 6.42 Å². The van der Waals surface area contributed by atoms with Crippen LogP contribution in [0, 0.1) is 0 Å². The monoisotopic (exact) mass is 373 g/mol. The first-order valence-electron chi connectivity index (χ1n) is 9.20. The quantitative estimate of drug-likeness (QED) is 0.753. The Morgan fingerprint density at radius 3 is 2.70 bits per heavy atom. The van der Waals surface area contributed by atoms with Crippen molar-refractivity contribution in [3.05, 3.63) is 30.2 Å². The first-order chi connectivity index (χ1) is 13.1. The lowest BCUT2D eigenvalue weighted by atomic mass is 9.96. The van der Waals surface area contributed by atoms with Gasteiger partial charge in [0.15, 0.2) is 18.1 Å². The van der Waals surface area contributed by atoms with Crippen LogP contribution in [0.2, 0.25) is 0 Å². The van der Waals surface area contributed by atoms with Crippen LogP contribution in [0.3, 0.4) is 0 Å². The molecule has 1 aliphatic carbocycles. The molecule has 1 aromatic heterocycles. The molecule has 1 aliphatic rings. The van der Waals surface area contributed by atoms with Crippen molar-refractivity contribution in [2.45, 2.75) is 51.0 Å². The lowest BCUT2D eigenvalue weighted by Crippen LogP contribution is -2.46. The highest BCUT2D eigenvalue weighted by atomic mass is 16.5. The van der Waals surface area contributed by atoms with Crippen LogP contribution in [-0.2, 0) is 20.7 Å². The second kappa shape index (κ2) is 9.16. The van der Waals surface area contributed by atoms with Crippen molar-refractivity contribution in [3.63, 3.8) is 0 Å². The molecule has 3 amide bonds. The Bertz CT molecular complexity index is 778. The molecule has 27 heavy (non-hydrogen) atoms. The number of aromatic nitrogens is 1. The molecule has 8 heteroatoms. The predicted molar refractivity (Wildman–Crippen MR) is 96.8 cm³/mol. The van der Waals surface area contributed by atoms with Crippen molar-refractivity contribution in [1.29, 1.82) is 0 Å². The van der Waals surface area contributed by atoms with Gasteiger partial charge in [0.2, 0.25) is 0 Å². The van der Waals surface area contributed by atoms with Crippen LogP contribution < -0.4 is 10.6 Å². The number of hydrogen-bond acceptors (Lipinski definition) is 6. The molecule has 1 heterocycles. The molecule has 3 rings (SSSR count). The Kier molecular flexibility index (Phi) is 6.40. The molecule has 0 saturated heterocycles. The van der Waals surface area contributed by atoms with Gasteiger partial charge >= 0.3 is 12.0 Å². The summed E-state index contributed by atoms with van der Waals surface area (Å²) in [5.74, 6) is -0.775. The Balaban J connectivity index is 1.34. The van der Waals surface area contributed by atoms with Gasteiger partial charge in [-0.05, 0) is 25.0 Å². The fourth-order valence-electron chi connectivity index (χ4n) is 3.09. The molecular weight excluding hydrogens is 350 g/mol. The molecule has 1 saturated carbocycles.